The second-order valence-corrected chi connectivity index (χ2v) is 8.87. The number of alkyl carbamates (subject to hydrolysis) is 1. The lowest BCUT2D eigenvalue weighted by molar-refractivity contribution is -0.139. The average molecular weight is 445 g/mol. The summed E-state index contributed by atoms with van der Waals surface area (Å²) in [6.07, 6.45) is 4.13. The smallest absolute Gasteiger partial charge is 0.408 e. The zero-order valence-electron chi connectivity index (χ0n) is 18.9. The molecule has 1 saturated carbocycles. The first-order valence-corrected chi connectivity index (χ1v) is 10.8. The Labute approximate surface area is 188 Å². The van der Waals surface area contributed by atoms with E-state index in [4.69, 9.17) is 4.74 Å². The van der Waals surface area contributed by atoms with Crippen LogP contribution >= 0.6 is 0 Å². The predicted molar refractivity (Wildman–Crippen MR) is 117 cm³/mol. The number of amides is 3. The maximum absolute atomic E-state index is 13.3. The second-order valence-electron chi connectivity index (χ2n) is 8.87. The molecule has 174 valence electrons. The number of hydrogen-bond acceptors (Lipinski definition) is 6. The van der Waals surface area contributed by atoms with E-state index in [0.717, 1.165) is 37.0 Å². The first kappa shape index (κ1) is 25.0. The molecule has 32 heavy (non-hydrogen) atoms. The number of phenols is 1. The van der Waals surface area contributed by atoms with Gasteiger partial charge in [-0.15, -0.1) is 0 Å². The molecule has 1 atom stereocenters. The number of hydrogen-bond donors (Lipinski definition) is 3. The number of phenolic OH excluding ortho intramolecular Hbond substituents is 1. The maximum Gasteiger partial charge on any atom is 0.408 e. The summed E-state index contributed by atoms with van der Waals surface area (Å²) in [5.74, 6) is -0.984. The lowest BCUT2D eigenvalue weighted by atomic mass is 9.94. The molecule has 0 aromatic heterocycles. The molecule has 0 radical (unpaired) electrons. The fraction of sp³-hybridized carbons (Fsp3) is 0.565. The number of rotatable bonds is 7. The first-order chi connectivity index (χ1) is 15.1. The number of carbonyl (C=O) groups is 3. The van der Waals surface area contributed by atoms with Crippen molar-refractivity contribution in [2.75, 3.05) is 13.1 Å². The molecule has 0 spiro atoms. The van der Waals surface area contributed by atoms with Crippen molar-refractivity contribution >= 4 is 17.9 Å². The Morgan fingerprint density at radius 2 is 1.81 bits per heavy atom. The van der Waals surface area contributed by atoms with E-state index in [0.29, 0.717) is 5.56 Å². The molecule has 2 rings (SSSR count). The van der Waals surface area contributed by atoms with Crippen LogP contribution < -0.4 is 10.6 Å². The van der Waals surface area contributed by atoms with E-state index < -0.39 is 36.1 Å². The number of nitrogens with zero attached hydrogens (tertiary/aromatic N) is 2. The van der Waals surface area contributed by atoms with Gasteiger partial charge in [-0.3, -0.25) is 9.59 Å². The van der Waals surface area contributed by atoms with E-state index >= 15 is 0 Å². The molecule has 1 aromatic rings. The van der Waals surface area contributed by atoms with Gasteiger partial charge >= 0.3 is 6.09 Å². The van der Waals surface area contributed by atoms with Gasteiger partial charge in [-0.2, -0.15) is 5.26 Å². The van der Waals surface area contributed by atoms with Crippen molar-refractivity contribution in [3.8, 4) is 11.8 Å². The van der Waals surface area contributed by atoms with Gasteiger partial charge in [0.1, 0.15) is 30.5 Å². The third kappa shape index (κ3) is 7.76. The first-order valence-electron chi connectivity index (χ1n) is 10.8. The molecule has 0 bridgehead atoms. The van der Waals surface area contributed by atoms with E-state index in [-0.39, 0.29) is 18.3 Å². The largest absolute Gasteiger partial charge is 0.508 e. The van der Waals surface area contributed by atoms with Gasteiger partial charge in [-0.05, 0) is 51.3 Å². The molecule has 0 aliphatic heterocycles. The molecule has 1 aromatic carbocycles. The van der Waals surface area contributed by atoms with Crippen LogP contribution in [0.25, 0.3) is 0 Å². The molecule has 1 unspecified atom stereocenters. The van der Waals surface area contributed by atoms with Gasteiger partial charge in [0.25, 0.3) is 0 Å². The number of benzene rings is 1. The van der Waals surface area contributed by atoms with Crippen LogP contribution in [0, 0.1) is 11.3 Å². The van der Waals surface area contributed by atoms with Gasteiger partial charge in [0.2, 0.25) is 11.8 Å². The minimum atomic E-state index is -1.08. The molecule has 1 fully saturated rings. The Morgan fingerprint density at radius 1 is 1.19 bits per heavy atom. The quantitative estimate of drug-likeness (QED) is 0.554. The van der Waals surface area contributed by atoms with Crippen molar-refractivity contribution in [3.05, 3.63) is 29.8 Å². The van der Waals surface area contributed by atoms with Crippen LogP contribution in [-0.4, -0.2) is 52.6 Å². The van der Waals surface area contributed by atoms with Crippen molar-refractivity contribution in [1.29, 1.82) is 5.26 Å². The van der Waals surface area contributed by atoms with E-state index in [1.165, 1.54) is 12.1 Å². The normalized spacial score (nSPS) is 15.2. The topological polar surface area (TPSA) is 132 Å². The summed E-state index contributed by atoms with van der Waals surface area (Å²) >= 11 is 0. The summed E-state index contributed by atoms with van der Waals surface area (Å²) in [7, 11) is 0. The van der Waals surface area contributed by atoms with E-state index in [9.17, 15) is 24.8 Å². The van der Waals surface area contributed by atoms with Crippen LogP contribution in [0.5, 0.6) is 5.75 Å². The Morgan fingerprint density at radius 3 is 2.38 bits per heavy atom. The van der Waals surface area contributed by atoms with Crippen molar-refractivity contribution in [2.24, 2.45) is 0 Å². The number of nitrogens with one attached hydrogen (secondary N) is 2. The van der Waals surface area contributed by atoms with Gasteiger partial charge < -0.3 is 25.4 Å². The van der Waals surface area contributed by atoms with Crippen LogP contribution in [0.3, 0.4) is 0 Å². The molecular weight excluding hydrogens is 412 g/mol. The predicted octanol–water partition coefficient (Wildman–Crippen LogP) is 2.76. The molecule has 1 aliphatic carbocycles. The number of aromatic hydroxyl groups is 1. The third-order valence-electron chi connectivity index (χ3n) is 5.06. The van der Waals surface area contributed by atoms with Crippen LogP contribution in [0.4, 0.5) is 4.79 Å². The summed E-state index contributed by atoms with van der Waals surface area (Å²) in [5, 5.41) is 24.3. The van der Waals surface area contributed by atoms with Gasteiger partial charge in [0.15, 0.2) is 0 Å². The maximum atomic E-state index is 13.3. The van der Waals surface area contributed by atoms with Crippen LogP contribution in [0.15, 0.2) is 24.3 Å². The van der Waals surface area contributed by atoms with Crippen LogP contribution in [-0.2, 0) is 14.3 Å². The molecule has 1 aliphatic rings. The Hall–Kier alpha value is -3.28. The minimum Gasteiger partial charge on any atom is -0.508 e. The van der Waals surface area contributed by atoms with Crippen molar-refractivity contribution in [2.45, 2.75) is 70.6 Å². The van der Waals surface area contributed by atoms with Gasteiger partial charge in [0, 0.05) is 6.04 Å². The fourth-order valence-corrected chi connectivity index (χ4v) is 3.62. The highest BCUT2D eigenvalue weighted by Gasteiger charge is 2.33. The number of ether oxygens (including phenoxy) is 1. The molecule has 0 heterocycles. The summed E-state index contributed by atoms with van der Waals surface area (Å²) in [6, 6.07) is 6.78. The zero-order valence-corrected chi connectivity index (χ0v) is 18.9. The zero-order chi connectivity index (χ0) is 23.7. The van der Waals surface area contributed by atoms with Gasteiger partial charge in [-0.1, -0.05) is 31.4 Å². The van der Waals surface area contributed by atoms with E-state index in [1.807, 2.05) is 6.07 Å². The van der Waals surface area contributed by atoms with Gasteiger partial charge in [0.05, 0.1) is 6.07 Å². The van der Waals surface area contributed by atoms with Crippen LogP contribution in [0.1, 0.15) is 64.5 Å². The summed E-state index contributed by atoms with van der Waals surface area (Å²) in [4.78, 5) is 39.3. The van der Waals surface area contributed by atoms with Crippen molar-refractivity contribution in [1.82, 2.24) is 15.5 Å². The van der Waals surface area contributed by atoms with Crippen molar-refractivity contribution in [3.63, 3.8) is 0 Å². The van der Waals surface area contributed by atoms with Crippen molar-refractivity contribution < 1.29 is 24.2 Å². The lowest BCUT2D eigenvalue weighted by Crippen LogP contribution is -2.49. The van der Waals surface area contributed by atoms with Gasteiger partial charge in [-0.25, -0.2) is 4.79 Å². The molecule has 3 amide bonds. The van der Waals surface area contributed by atoms with E-state index in [1.54, 1.807) is 32.9 Å². The second kappa shape index (κ2) is 11.4. The highest BCUT2D eigenvalue weighted by Crippen LogP contribution is 2.25. The highest BCUT2D eigenvalue weighted by molar-refractivity contribution is 5.90. The lowest BCUT2D eigenvalue weighted by Gasteiger charge is -2.32. The molecule has 0 saturated heterocycles. The Balaban J connectivity index is 2.22. The Bertz CT molecular complexity index is 835. The van der Waals surface area contributed by atoms with E-state index in [2.05, 4.69) is 10.6 Å². The van der Waals surface area contributed by atoms with Crippen LogP contribution in [0.2, 0.25) is 0 Å². The molecule has 9 nitrogen and oxygen atoms in total. The molecule has 9 heteroatoms. The third-order valence-corrected chi connectivity index (χ3v) is 5.06. The summed E-state index contributed by atoms with van der Waals surface area (Å²) < 4.78 is 5.14. The number of carbonyl (C=O) groups excluding carboxylic acids is 3. The minimum absolute atomic E-state index is 0.00907. The monoisotopic (exact) mass is 444 g/mol. The molecular formula is C23H32N4O5. The highest BCUT2D eigenvalue weighted by atomic mass is 16.6. The molecule has 3 N–H and O–H groups in total. The fourth-order valence-electron chi connectivity index (χ4n) is 3.62. The summed E-state index contributed by atoms with van der Waals surface area (Å²) in [6.45, 7) is 4.33. The summed E-state index contributed by atoms with van der Waals surface area (Å²) in [5.41, 5.74) is -0.273. The standard InChI is InChI=1S/C23H32N4O5/c1-23(2,3)32-22(31)25-15-19(29)27(14-13-24)20(16-9-11-18(28)12-10-16)21(30)26-17-7-5-4-6-8-17/h9-12,17,20,28H,4-8,14-15H2,1-3H3,(H,25,31)(H,26,30). The Kier molecular flexibility index (Phi) is 8.88. The SMILES string of the molecule is CC(C)(C)OC(=O)NCC(=O)N(CC#N)C(C(=O)NC1CCCCC1)c1ccc(O)cc1. The number of nitriles is 1. The average Bonchev–Trinajstić information content (AvgIpc) is 2.72.